The fourth-order valence-corrected chi connectivity index (χ4v) is 3.94. The summed E-state index contributed by atoms with van der Waals surface area (Å²) < 4.78 is 11.6. The van der Waals surface area contributed by atoms with Crippen LogP contribution in [-0.4, -0.2) is 11.7 Å². The largest absolute Gasteiger partial charge is 0.448 e. The van der Waals surface area contributed by atoms with Gasteiger partial charge in [0.1, 0.15) is 6.10 Å². The molecule has 0 spiro atoms. The van der Waals surface area contributed by atoms with Crippen molar-refractivity contribution in [1.29, 1.82) is 21.2 Å². The normalized spacial score (nSPS) is 35.1. The zero-order valence-corrected chi connectivity index (χ0v) is 14.3. The lowest BCUT2D eigenvalue weighted by Crippen LogP contribution is -2.57. The lowest BCUT2D eigenvalue weighted by Gasteiger charge is -2.47. The first-order valence-corrected chi connectivity index (χ1v) is 8.13. The topological polar surface area (TPSA) is 114 Å². The fraction of sp³-hybridized carbons (Fsp3) is 0.474. The second-order valence-corrected chi connectivity index (χ2v) is 6.71. The number of nitriles is 3. The van der Waals surface area contributed by atoms with Crippen LogP contribution in [0.2, 0.25) is 0 Å². The molecule has 2 aliphatic rings. The van der Waals surface area contributed by atoms with Crippen molar-refractivity contribution in [2.24, 2.45) is 16.7 Å². The van der Waals surface area contributed by atoms with Crippen molar-refractivity contribution in [3.63, 3.8) is 0 Å². The lowest BCUT2D eigenvalue weighted by molar-refractivity contribution is -0.268. The maximum Gasteiger partial charge on any atom is 0.214 e. The minimum Gasteiger partial charge on any atom is -0.448 e. The lowest BCUT2D eigenvalue weighted by atomic mass is 9.54. The molecule has 6 heteroatoms. The molecule has 2 aliphatic heterocycles. The molecule has 2 fully saturated rings. The Balaban J connectivity index is 2.26. The van der Waals surface area contributed by atoms with E-state index in [2.05, 4.69) is 6.07 Å². The van der Waals surface area contributed by atoms with Gasteiger partial charge in [-0.25, -0.2) is 0 Å². The molecule has 126 valence electrons. The third-order valence-electron chi connectivity index (χ3n) is 5.69. The molecule has 2 bridgehead atoms. The van der Waals surface area contributed by atoms with Gasteiger partial charge in [-0.15, -0.1) is 0 Å². The third-order valence-corrected chi connectivity index (χ3v) is 5.69. The van der Waals surface area contributed by atoms with Crippen molar-refractivity contribution >= 4 is 5.90 Å². The van der Waals surface area contributed by atoms with E-state index in [9.17, 15) is 15.8 Å². The van der Waals surface area contributed by atoms with Gasteiger partial charge in [-0.3, -0.25) is 5.41 Å². The Morgan fingerprint density at radius 2 is 1.72 bits per heavy atom. The van der Waals surface area contributed by atoms with E-state index in [-0.39, 0.29) is 5.90 Å². The number of nitrogens with zero attached hydrogens (tertiary/aromatic N) is 3. The zero-order valence-electron chi connectivity index (χ0n) is 14.3. The van der Waals surface area contributed by atoms with Crippen LogP contribution in [0.3, 0.4) is 0 Å². The predicted molar refractivity (Wildman–Crippen MR) is 87.7 cm³/mol. The van der Waals surface area contributed by atoms with Gasteiger partial charge in [0.2, 0.25) is 17.1 Å². The summed E-state index contributed by atoms with van der Waals surface area (Å²) in [6.07, 6.45) is -0.130. The average Bonchev–Trinajstić information content (AvgIpc) is 2.77. The summed E-state index contributed by atoms with van der Waals surface area (Å²) in [6, 6.07) is 13.5. The molecular formula is C19H18N4O2. The van der Waals surface area contributed by atoms with E-state index in [1.807, 2.05) is 31.2 Å². The summed E-state index contributed by atoms with van der Waals surface area (Å²) in [5.41, 5.74) is -1.82. The molecule has 4 unspecified atom stereocenters. The molecule has 2 heterocycles. The average molecular weight is 334 g/mol. The second-order valence-electron chi connectivity index (χ2n) is 6.71. The molecule has 25 heavy (non-hydrogen) atoms. The zero-order chi connectivity index (χ0) is 18.5. The molecule has 0 aromatic heterocycles. The maximum atomic E-state index is 9.95. The standard InChI is InChI=1S/C19H18N4O2/c1-4-13-5-7-14(8-6-13)15-18(9-20,10-21)19(11-22)12(2)17(3,24-15)25-16(19)23/h5-8,12,15,23H,4H2,1-3H3. The fourth-order valence-electron chi connectivity index (χ4n) is 3.94. The number of benzene rings is 1. The number of aryl methyl sites for hydroxylation is 1. The molecule has 1 aromatic carbocycles. The first-order valence-electron chi connectivity index (χ1n) is 8.13. The van der Waals surface area contributed by atoms with Crippen LogP contribution in [0.15, 0.2) is 24.3 Å². The molecule has 0 radical (unpaired) electrons. The van der Waals surface area contributed by atoms with Crippen molar-refractivity contribution in [2.45, 2.75) is 39.1 Å². The van der Waals surface area contributed by atoms with Crippen LogP contribution in [0, 0.1) is 56.2 Å². The van der Waals surface area contributed by atoms with Gasteiger partial charge in [-0.1, -0.05) is 38.1 Å². The van der Waals surface area contributed by atoms with Gasteiger partial charge < -0.3 is 9.47 Å². The Kier molecular flexibility index (Phi) is 3.60. The highest BCUT2D eigenvalue weighted by atomic mass is 16.7. The molecule has 1 N–H and O–H groups in total. The highest BCUT2D eigenvalue weighted by molar-refractivity contribution is 5.89. The van der Waals surface area contributed by atoms with Gasteiger partial charge in [-0.2, -0.15) is 15.8 Å². The number of hydrogen-bond donors (Lipinski definition) is 1. The highest BCUT2D eigenvalue weighted by Crippen LogP contribution is 2.66. The summed E-state index contributed by atoms with van der Waals surface area (Å²) >= 11 is 0. The van der Waals surface area contributed by atoms with Crippen molar-refractivity contribution < 1.29 is 9.47 Å². The first-order chi connectivity index (χ1) is 11.8. The summed E-state index contributed by atoms with van der Waals surface area (Å²) in [4.78, 5) is 0. The van der Waals surface area contributed by atoms with Gasteiger partial charge in [0.05, 0.1) is 24.1 Å². The second kappa shape index (κ2) is 5.31. The van der Waals surface area contributed by atoms with Gasteiger partial charge in [0.15, 0.2) is 5.41 Å². The van der Waals surface area contributed by atoms with E-state index >= 15 is 0 Å². The Morgan fingerprint density at radius 1 is 1.12 bits per heavy atom. The summed E-state index contributed by atoms with van der Waals surface area (Å²) in [5, 5.41) is 38.1. The van der Waals surface area contributed by atoms with Gasteiger partial charge in [-0.05, 0) is 17.5 Å². The summed E-state index contributed by atoms with van der Waals surface area (Å²) in [6.45, 7) is 5.37. The first kappa shape index (κ1) is 17.0. The Morgan fingerprint density at radius 3 is 2.20 bits per heavy atom. The van der Waals surface area contributed by atoms with Crippen LogP contribution in [0.1, 0.15) is 38.0 Å². The Labute approximate surface area is 146 Å². The Bertz CT molecular complexity index is 843. The van der Waals surface area contributed by atoms with E-state index in [1.54, 1.807) is 26.0 Å². The number of hydrogen-bond acceptors (Lipinski definition) is 6. The SMILES string of the molecule is CCc1ccc(C2OC3(C)OC(=N)C(C#N)(C3C)C2(C#N)C#N)cc1. The summed E-state index contributed by atoms with van der Waals surface area (Å²) in [7, 11) is 0. The molecule has 0 saturated carbocycles. The van der Waals surface area contributed by atoms with E-state index in [0.717, 1.165) is 12.0 Å². The number of ether oxygens (including phenoxy) is 2. The van der Waals surface area contributed by atoms with E-state index < -0.39 is 28.6 Å². The molecule has 6 nitrogen and oxygen atoms in total. The minimum atomic E-state index is -1.87. The smallest absolute Gasteiger partial charge is 0.214 e. The van der Waals surface area contributed by atoms with Crippen LogP contribution >= 0.6 is 0 Å². The molecular weight excluding hydrogens is 316 g/mol. The van der Waals surface area contributed by atoms with Crippen LogP contribution in [-0.2, 0) is 15.9 Å². The van der Waals surface area contributed by atoms with E-state index in [4.69, 9.17) is 14.9 Å². The third kappa shape index (κ3) is 1.82. The van der Waals surface area contributed by atoms with Crippen molar-refractivity contribution in [1.82, 2.24) is 0 Å². The Hall–Kier alpha value is -2.88. The van der Waals surface area contributed by atoms with Crippen molar-refractivity contribution in [3.8, 4) is 18.2 Å². The molecule has 0 amide bonds. The molecule has 4 atom stereocenters. The maximum absolute atomic E-state index is 9.95. The van der Waals surface area contributed by atoms with Gasteiger partial charge >= 0.3 is 0 Å². The summed E-state index contributed by atoms with van der Waals surface area (Å²) in [5.74, 6) is -2.25. The van der Waals surface area contributed by atoms with E-state index in [1.165, 1.54) is 0 Å². The van der Waals surface area contributed by atoms with Gasteiger partial charge in [0.25, 0.3) is 0 Å². The molecule has 0 aliphatic carbocycles. The molecule has 1 aromatic rings. The quantitative estimate of drug-likeness (QED) is 0.892. The van der Waals surface area contributed by atoms with Crippen LogP contribution in [0.4, 0.5) is 0 Å². The number of fused-ring (bicyclic) bond motifs is 2. The van der Waals surface area contributed by atoms with Crippen molar-refractivity contribution in [2.75, 3.05) is 0 Å². The highest BCUT2D eigenvalue weighted by Gasteiger charge is 2.78. The molecule has 3 rings (SSSR count). The van der Waals surface area contributed by atoms with E-state index in [0.29, 0.717) is 5.56 Å². The van der Waals surface area contributed by atoms with Crippen molar-refractivity contribution in [3.05, 3.63) is 35.4 Å². The monoisotopic (exact) mass is 334 g/mol. The minimum absolute atomic E-state index is 0.374. The number of nitrogens with one attached hydrogen (secondary N) is 1. The van der Waals surface area contributed by atoms with Crippen LogP contribution in [0.25, 0.3) is 0 Å². The molecule has 2 saturated heterocycles. The van der Waals surface area contributed by atoms with Crippen LogP contribution < -0.4 is 0 Å². The predicted octanol–water partition coefficient (Wildman–Crippen LogP) is 3.22. The van der Waals surface area contributed by atoms with Crippen LogP contribution in [0.5, 0.6) is 0 Å². The van der Waals surface area contributed by atoms with Gasteiger partial charge in [0, 0.05) is 6.92 Å². The number of rotatable bonds is 2.